The molecule has 30 heavy (non-hydrogen) atoms. The number of nitrogens with zero attached hydrogens (tertiary/aromatic N) is 1. The number of carbonyl (C=O) groups is 1. The minimum atomic E-state index is -3.68. The summed E-state index contributed by atoms with van der Waals surface area (Å²) >= 11 is 6.07. The van der Waals surface area contributed by atoms with Crippen LogP contribution in [0.4, 0.5) is 0 Å². The van der Waals surface area contributed by atoms with E-state index in [4.69, 9.17) is 11.6 Å². The van der Waals surface area contributed by atoms with Crippen LogP contribution in [0.5, 0.6) is 0 Å². The number of aromatic nitrogens is 1. The highest BCUT2D eigenvalue weighted by atomic mass is 35.5. The first-order chi connectivity index (χ1) is 14.3. The molecular formula is C21H20ClN3O4S. The standard InChI is InChI=1S/C21H20ClN3O4S/c1-23-30(28,29)17-9-10-19(22)18(12-17)21(27)24-13-15-5-7-16(8-6-15)14-25-11-3-2-4-20(25)26/h2-12,23H,13-14H2,1H3,(H,24,27). The first kappa shape index (κ1) is 21.8. The van der Waals surface area contributed by atoms with Crippen LogP contribution in [0.2, 0.25) is 5.02 Å². The van der Waals surface area contributed by atoms with Crippen LogP contribution in [0, 0.1) is 0 Å². The van der Waals surface area contributed by atoms with Crippen LogP contribution >= 0.6 is 11.6 Å². The Morgan fingerprint density at radius 2 is 1.73 bits per heavy atom. The lowest BCUT2D eigenvalue weighted by molar-refractivity contribution is 0.0951. The summed E-state index contributed by atoms with van der Waals surface area (Å²) in [5.41, 5.74) is 1.80. The smallest absolute Gasteiger partial charge is 0.253 e. The van der Waals surface area contributed by atoms with Gasteiger partial charge in [-0.1, -0.05) is 41.9 Å². The number of nitrogens with one attached hydrogen (secondary N) is 2. The van der Waals surface area contributed by atoms with Gasteiger partial charge in [0.1, 0.15) is 0 Å². The van der Waals surface area contributed by atoms with Crippen LogP contribution in [0.15, 0.2) is 76.6 Å². The summed E-state index contributed by atoms with van der Waals surface area (Å²) in [4.78, 5) is 24.3. The quantitative estimate of drug-likeness (QED) is 0.583. The normalized spacial score (nSPS) is 11.3. The highest BCUT2D eigenvalue weighted by Crippen LogP contribution is 2.20. The minimum absolute atomic E-state index is 0.0416. The monoisotopic (exact) mass is 445 g/mol. The molecule has 9 heteroatoms. The third kappa shape index (κ3) is 5.15. The summed E-state index contributed by atoms with van der Waals surface area (Å²) in [6.45, 7) is 0.693. The molecule has 156 valence electrons. The van der Waals surface area contributed by atoms with Gasteiger partial charge in [-0.05, 0) is 42.4 Å². The zero-order chi connectivity index (χ0) is 21.7. The Morgan fingerprint density at radius 3 is 2.40 bits per heavy atom. The zero-order valence-corrected chi connectivity index (χ0v) is 17.7. The Labute approximate surface area is 179 Å². The van der Waals surface area contributed by atoms with E-state index in [0.717, 1.165) is 11.1 Å². The number of sulfonamides is 1. The Bertz CT molecular complexity index is 1220. The van der Waals surface area contributed by atoms with Gasteiger partial charge in [-0.3, -0.25) is 9.59 Å². The minimum Gasteiger partial charge on any atom is -0.348 e. The molecular weight excluding hydrogens is 426 g/mol. The van der Waals surface area contributed by atoms with Crippen molar-refractivity contribution in [1.29, 1.82) is 0 Å². The van der Waals surface area contributed by atoms with Crippen molar-refractivity contribution in [2.75, 3.05) is 7.05 Å². The molecule has 0 spiro atoms. The summed E-state index contributed by atoms with van der Waals surface area (Å²) in [5, 5.41) is 2.90. The molecule has 0 radical (unpaired) electrons. The first-order valence-electron chi connectivity index (χ1n) is 9.05. The summed E-state index contributed by atoms with van der Waals surface area (Å²) in [6, 6.07) is 16.4. The summed E-state index contributed by atoms with van der Waals surface area (Å²) in [5.74, 6) is -0.479. The molecule has 2 aromatic carbocycles. The van der Waals surface area contributed by atoms with E-state index in [1.54, 1.807) is 22.9 Å². The predicted molar refractivity (Wildman–Crippen MR) is 115 cm³/mol. The topological polar surface area (TPSA) is 97.3 Å². The molecule has 1 aromatic heterocycles. The SMILES string of the molecule is CNS(=O)(=O)c1ccc(Cl)c(C(=O)NCc2ccc(Cn3ccccc3=O)cc2)c1. The van der Waals surface area contributed by atoms with Gasteiger partial charge in [0.05, 0.1) is 22.0 Å². The summed E-state index contributed by atoms with van der Waals surface area (Å²) in [6.07, 6.45) is 1.72. The molecule has 0 atom stereocenters. The maximum Gasteiger partial charge on any atom is 0.253 e. The molecule has 0 bridgehead atoms. The lowest BCUT2D eigenvalue weighted by atomic mass is 10.1. The third-order valence-corrected chi connectivity index (χ3v) is 6.23. The van der Waals surface area contributed by atoms with Crippen LogP contribution in [-0.4, -0.2) is 25.9 Å². The fourth-order valence-corrected chi connectivity index (χ4v) is 3.75. The molecule has 0 fully saturated rings. The summed E-state index contributed by atoms with van der Waals surface area (Å²) < 4.78 is 27.7. The van der Waals surface area contributed by atoms with Crippen molar-refractivity contribution in [2.45, 2.75) is 18.0 Å². The first-order valence-corrected chi connectivity index (χ1v) is 10.9. The number of benzene rings is 2. The largest absolute Gasteiger partial charge is 0.348 e. The van der Waals surface area contributed by atoms with E-state index in [0.29, 0.717) is 6.54 Å². The van der Waals surface area contributed by atoms with Gasteiger partial charge in [0, 0.05) is 18.8 Å². The average Bonchev–Trinajstić information content (AvgIpc) is 2.75. The van der Waals surface area contributed by atoms with Crippen LogP contribution in [0.1, 0.15) is 21.5 Å². The number of carbonyl (C=O) groups excluding carboxylic acids is 1. The molecule has 1 heterocycles. The lowest BCUT2D eigenvalue weighted by Crippen LogP contribution is -2.24. The molecule has 0 aliphatic heterocycles. The third-order valence-electron chi connectivity index (χ3n) is 4.49. The van der Waals surface area contributed by atoms with E-state index in [1.807, 2.05) is 24.3 Å². The van der Waals surface area contributed by atoms with E-state index in [2.05, 4.69) is 10.0 Å². The van der Waals surface area contributed by atoms with Gasteiger partial charge < -0.3 is 9.88 Å². The summed E-state index contributed by atoms with van der Waals surface area (Å²) in [7, 11) is -2.39. The van der Waals surface area contributed by atoms with Crippen LogP contribution in [-0.2, 0) is 23.1 Å². The van der Waals surface area contributed by atoms with Crippen LogP contribution in [0.3, 0.4) is 0 Å². The molecule has 0 unspecified atom stereocenters. The number of pyridine rings is 1. The molecule has 1 amide bonds. The lowest BCUT2D eigenvalue weighted by Gasteiger charge is -2.10. The van der Waals surface area contributed by atoms with E-state index < -0.39 is 15.9 Å². The number of halogens is 1. The fraction of sp³-hybridized carbons (Fsp3) is 0.143. The maximum atomic E-state index is 12.5. The Kier molecular flexibility index (Phi) is 6.71. The number of amides is 1. The van der Waals surface area contributed by atoms with Gasteiger partial charge >= 0.3 is 0 Å². The predicted octanol–water partition coefficient (Wildman–Crippen LogP) is 2.39. The van der Waals surface area contributed by atoms with Gasteiger partial charge in [-0.25, -0.2) is 13.1 Å². The maximum absolute atomic E-state index is 12.5. The van der Waals surface area contributed by atoms with Crippen molar-refractivity contribution in [2.24, 2.45) is 0 Å². The van der Waals surface area contributed by atoms with Crippen molar-refractivity contribution in [1.82, 2.24) is 14.6 Å². The Balaban J connectivity index is 1.67. The van der Waals surface area contributed by atoms with Crippen molar-refractivity contribution < 1.29 is 13.2 Å². The number of hydrogen-bond acceptors (Lipinski definition) is 4. The zero-order valence-electron chi connectivity index (χ0n) is 16.1. The average molecular weight is 446 g/mol. The highest BCUT2D eigenvalue weighted by Gasteiger charge is 2.17. The van der Waals surface area contributed by atoms with Gasteiger partial charge in [0.2, 0.25) is 10.0 Å². The molecule has 3 aromatic rings. The van der Waals surface area contributed by atoms with E-state index in [9.17, 15) is 18.0 Å². The molecule has 0 aliphatic carbocycles. The fourth-order valence-electron chi connectivity index (χ4n) is 2.79. The Morgan fingerprint density at radius 1 is 1.03 bits per heavy atom. The molecule has 0 saturated carbocycles. The van der Waals surface area contributed by atoms with E-state index in [-0.39, 0.29) is 27.6 Å². The highest BCUT2D eigenvalue weighted by molar-refractivity contribution is 7.89. The van der Waals surface area contributed by atoms with Gasteiger partial charge in [0.25, 0.3) is 11.5 Å². The number of hydrogen-bond donors (Lipinski definition) is 2. The molecule has 3 rings (SSSR count). The molecule has 0 saturated heterocycles. The van der Waals surface area contributed by atoms with Crippen LogP contribution < -0.4 is 15.6 Å². The van der Waals surface area contributed by atoms with Crippen molar-refractivity contribution in [3.8, 4) is 0 Å². The van der Waals surface area contributed by atoms with Crippen molar-refractivity contribution >= 4 is 27.5 Å². The Hall–Kier alpha value is -2.94. The second kappa shape index (κ2) is 9.25. The van der Waals surface area contributed by atoms with Gasteiger partial charge in [-0.2, -0.15) is 0 Å². The van der Waals surface area contributed by atoms with Crippen molar-refractivity contribution in [3.63, 3.8) is 0 Å². The van der Waals surface area contributed by atoms with E-state index in [1.165, 1.54) is 31.3 Å². The molecule has 7 nitrogen and oxygen atoms in total. The van der Waals surface area contributed by atoms with Crippen LogP contribution in [0.25, 0.3) is 0 Å². The molecule has 2 N–H and O–H groups in total. The number of rotatable bonds is 7. The van der Waals surface area contributed by atoms with Gasteiger partial charge in [0.15, 0.2) is 0 Å². The van der Waals surface area contributed by atoms with Crippen molar-refractivity contribution in [3.05, 3.63) is 98.9 Å². The van der Waals surface area contributed by atoms with E-state index >= 15 is 0 Å². The second-order valence-electron chi connectivity index (χ2n) is 6.52. The van der Waals surface area contributed by atoms with Gasteiger partial charge in [-0.15, -0.1) is 0 Å². The second-order valence-corrected chi connectivity index (χ2v) is 8.81. The molecule has 0 aliphatic rings.